The zero-order chi connectivity index (χ0) is 20.5. The van der Waals surface area contributed by atoms with E-state index in [2.05, 4.69) is 10.6 Å². The molecule has 1 saturated carbocycles. The predicted octanol–water partition coefficient (Wildman–Crippen LogP) is 4.16. The second-order valence-electron chi connectivity index (χ2n) is 8.80. The Morgan fingerprint density at radius 3 is 2.04 bits per heavy atom. The molecule has 3 aliphatic rings. The SMILES string of the molecule is O[C@H](C1CC(C2CCC(C(F)(F)F)CC2)NC(C(F)(F)F)C1)[C@H]1CCCCN1. The largest absolute Gasteiger partial charge is 0.403 e. The molecular formula is C19H30F6N2O. The molecule has 0 bridgehead atoms. The Labute approximate surface area is 161 Å². The summed E-state index contributed by atoms with van der Waals surface area (Å²) in [6.45, 7) is 0.750. The zero-order valence-electron chi connectivity index (χ0n) is 15.8. The van der Waals surface area contributed by atoms with Crippen molar-refractivity contribution in [2.45, 2.75) is 94.4 Å². The van der Waals surface area contributed by atoms with Gasteiger partial charge in [0.25, 0.3) is 0 Å². The third kappa shape index (κ3) is 5.33. The van der Waals surface area contributed by atoms with Crippen molar-refractivity contribution in [3.05, 3.63) is 0 Å². The summed E-state index contributed by atoms with van der Waals surface area (Å²) in [5.74, 6) is -2.06. The van der Waals surface area contributed by atoms with Crippen LogP contribution in [0.3, 0.4) is 0 Å². The molecule has 0 amide bonds. The Bertz CT molecular complexity index is 498. The maximum Gasteiger partial charge on any atom is 0.403 e. The fourth-order valence-corrected chi connectivity index (χ4v) is 5.30. The van der Waals surface area contributed by atoms with Gasteiger partial charge in [-0.2, -0.15) is 26.3 Å². The molecule has 2 heterocycles. The van der Waals surface area contributed by atoms with Crippen LogP contribution in [-0.4, -0.2) is 48.2 Å². The minimum Gasteiger partial charge on any atom is -0.391 e. The first-order chi connectivity index (χ1) is 13.1. The van der Waals surface area contributed by atoms with Crippen LogP contribution >= 0.6 is 0 Å². The lowest BCUT2D eigenvalue weighted by Gasteiger charge is -2.45. The summed E-state index contributed by atoms with van der Waals surface area (Å²) in [4.78, 5) is 0. The van der Waals surface area contributed by atoms with Gasteiger partial charge in [0.2, 0.25) is 0 Å². The van der Waals surface area contributed by atoms with Crippen LogP contribution in [0.2, 0.25) is 0 Å². The zero-order valence-corrected chi connectivity index (χ0v) is 15.8. The van der Waals surface area contributed by atoms with E-state index in [4.69, 9.17) is 0 Å². The van der Waals surface area contributed by atoms with Crippen molar-refractivity contribution in [2.75, 3.05) is 6.54 Å². The van der Waals surface area contributed by atoms with E-state index in [1.54, 1.807) is 0 Å². The van der Waals surface area contributed by atoms with Gasteiger partial charge in [0.1, 0.15) is 6.04 Å². The average molecular weight is 416 g/mol. The molecule has 5 atom stereocenters. The number of nitrogens with one attached hydrogen (secondary N) is 2. The highest BCUT2D eigenvalue weighted by Gasteiger charge is 2.49. The van der Waals surface area contributed by atoms with Crippen LogP contribution in [0.5, 0.6) is 0 Å². The van der Waals surface area contributed by atoms with Crippen molar-refractivity contribution in [3.8, 4) is 0 Å². The van der Waals surface area contributed by atoms with Crippen LogP contribution in [0.25, 0.3) is 0 Å². The highest BCUT2D eigenvalue weighted by atomic mass is 19.4. The third-order valence-corrected chi connectivity index (χ3v) is 6.95. The van der Waals surface area contributed by atoms with E-state index >= 15 is 0 Å². The number of alkyl halides is 6. The number of piperidine rings is 2. The van der Waals surface area contributed by atoms with Gasteiger partial charge in [-0.1, -0.05) is 6.42 Å². The van der Waals surface area contributed by atoms with Crippen LogP contribution < -0.4 is 10.6 Å². The Morgan fingerprint density at radius 2 is 1.50 bits per heavy atom. The molecule has 3 unspecified atom stereocenters. The lowest BCUT2D eigenvalue weighted by molar-refractivity contribution is -0.187. The summed E-state index contributed by atoms with van der Waals surface area (Å²) < 4.78 is 79.1. The van der Waals surface area contributed by atoms with Gasteiger partial charge in [0.05, 0.1) is 12.0 Å². The second-order valence-corrected chi connectivity index (χ2v) is 8.80. The van der Waals surface area contributed by atoms with E-state index in [1.165, 1.54) is 0 Å². The summed E-state index contributed by atoms with van der Waals surface area (Å²) in [5, 5.41) is 16.6. The van der Waals surface area contributed by atoms with Gasteiger partial charge in [-0.25, -0.2) is 0 Å². The number of halogens is 6. The Morgan fingerprint density at radius 1 is 0.821 bits per heavy atom. The summed E-state index contributed by atoms with van der Waals surface area (Å²) >= 11 is 0. The minimum absolute atomic E-state index is 0.0273. The van der Waals surface area contributed by atoms with Crippen molar-refractivity contribution < 1.29 is 31.4 Å². The predicted molar refractivity (Wildman–Crippen MR) is 92.6 cm³/mol. The molecule has 0 aromatic carbocycles. The Kier molecular flexibility index (Phi) is 6.86. The van der Waals surface area contributed by atoms with Gasteiger partial charge >= 0.3 is 12.4 Å². The van der Waals surface area contributed by atoms with Crippen LogP contribution in [0.15, 0.2) is 0 Å². The van der Waals surface area contributed by atoms with Crippen molar-refractivity contribution in [1.82, 2.24) is 10.6 Å². The number of rotatable bonds is 3. The highest BCUT2D eigenvalue weighted by Crippen LogP contribution is 2.43. The van der Waals surface area contributed by atoms with Crippen LogP contribution in [0.1, 0.15) is 57.8 Å². The number of hydrogen-bond acceptors (Lipinski definition) is 3. The van der Waals surface area contributed by atoms with Crippen LogP contribution in [-0.2, 0) is 0 Å². The van der Waals surface area contributed by atoms with Gasteiger partial charge in [0.15, 0.2) is 0 Å². The molecule has 0 aromatic rings. The summed E-state index contributed by atoms with van der Waals surface area (Å²) in [6.07, 6.45) is -6.16. The maximum absolute atomic E-state index is 13.5. The van der Waals surface area contributed by atoms with E-state index in [9.17, 15) is 31.4 Å². The van der Waals surface area contributed by atoms with E-state index in [0.717, 1.165) is 25.8 Å². The lowest BCUT2D eigenvalue weighted by Crippen LogP contribution is -2.59. The molecule has 3 nitrogen and oxygen atoms in total. The van der Waals surface area contributed by atoms with Crippen molar-refractivity contribution in [2.24, 2.45) is 17.8 Å². The van der Waals surface area contributed by atoms with Gasteiger partial charge in [-0.15, -0.1) is 0 Å². The Balaban J connectivity index is 1.66. The lowest BCUT2D eigenvalue weighted by atomic mass is 9.71. The molecule has 2 saturated heterocycles. The summed E-state index contributed by atoms with van der Waals surface area (Å²) in [5.41, 5.74) is 0. The number of aliphatic hydroxyl groups is 1. The summed E-state index contributed by atoms with van der Waals surface area (Å²) in [6, 6.07) is -2.42. The van der Waals surface area contributed by atoms with Crippen LogP contribution in [0, 0.1) is 17.8 Å². The second kappa shape index (κ2) is 8.68. The standard InChI is InChI=1S/C19H30F6N2O/c20-18(21,22)13-6-4-11(5-7-13)15-9-12(10-16(27-15)19(23,24)25)17(28)14-3-1-2-8-26-14/h11-17,26-28H,1-10H2/t11?,12?,13?,14-,15?,16?,17-/m1/s1. The van der Waals surface area contributed by atoms with E-state index in [-0.39, 0.29) is 44.1 Å². The van der Waals surface area contributed by atoms with E-state index < -0.39 is 42.4 Å². The molecule has 0 spiro atoms. The topological polar surface area (TPSA) is 44.3 Å². The van der Waals surface area contributed by atoms with Crippen molar-refractivity contribution in [1.29, 1.82) is 0 Å². The smallest absolute Gasteiger partial charge is 0.391 e. The number of hydrogen-bond donors (Lipinski definition) is 3. The molecule has 164 valence electrons. The first-order valence-corrected chi connectivity index (χ1v) is 10.4. The van der Waals surface area contributed by atoms with Crippen LogP contribution in [0.4, 0.5) is 26.3 Å². The van der Waals surface area contributed by atoms with E-state index in [0.29, 0.717) is 6.42 Å². The van der Waals surface area contributed by atoms with E-state index in [1.807, 2.05) is 0 Å². The van der Waals surface area contributed by atoms with Gasteiger partial charge < -0.3 is 15.7 Å². The molecule has 3 N–H and O–H groups in total. The molecule has 0 radical (unpaired) electrons. The summed E-state index contributed by atoms with van der Waals surface area (Å²) in [7, 11) is 0. The molecular weight excluding hydrogens is 386 g/mol. The molecule has 9 heteroatoms. The van der Waals surface area contributed by atoms with Crippen molar-refractivity contribution >= 4 is 0 Å². The molecule has 2 aliphatic heterocycles. The average Bonchev–Trinajstić information content (AvgIpc) is 2.66. The molecule has 0 aromatic heterocycles. The number of aliphatic hydroxyl groups excluding tert-OH is 1. The normalized spacial score (nSPS) is 39.5. The monoisotopic (exact) mass is 416 g/mol. The van der Waals surface area contributed by atoms with Gasteiger partial charge in [-0.3, -0.25) is 0 Å². The first kappa shape index (κ1) is 22.2. The highest BCUT2D eigenvalue weighted by molar-refractivity contribution is 4.98. The fraction of sp³-hybridized carbons (Fsp3) is 1.00. The van der Waals surface area contributed by atoms with Gasteiger partial charge in [0, 0.05) is 12.1 Å². The molecule has 3 fully saturated rings. The van der Waals surface area contributed by atoms with Gasteiger partial charge in [-0.05, 0) is 69.7 Å². The molecule has 3 rings (SSSR count). The third-order valence-electron chi connectivity index (χ3n) is 6.95. The maximum atomic E-state index is 13.5. The van der Waals surface area contributed by atoms with Crippen molar-refractivity contribution in [3.63, 3.8) is 0 Å². The Hall–Kier alpha value is -0.540. The minimum atomic E-state index is -4.43. The quantitative estimate of drug-likeness (QED) is 0.606. The molecule has 1 aliphatic carbocycles. The fourth-order valence-electron chi connectivity index (χ4n) is 5.30. The first-order valence-electron chi connectivity index (χ1n) is 10.4. The molecule has 28 heavy (non-hydrogen) atoms.